The zero-order chi connectivity index (χ0) is 40.9. The number of aliphatic hydroxyl groups is 1. The summed E-state index contributed by atoms with van der Waals surface area (Å²) in [6.45, 7) is 22.7. The van der Waals surface area contributed by atoms with Crippen molar-refractivity contribution in [2.45, 2.75) is 268 Å². The largest absolute Gasteiger partial charge is 0.483 e. The zero-order valence-electron chi connectivity index (χ0n) is 38.3. The third-order valence-electron chi connectivity index (χ3n) is 9.29. The first kappa shape index (κ1) is 61.3. The lowest BCUT2D eigenvalue weighted by atomic mass is 9.92. The van der Waals surface area contributed by atoms with Gasteiger partial charge in [0.2, 0.25) is 0 Å². The molecule has 324 valence electrons. The minimum atomic E-state index is -0.250. The number of carbonyl (C=O) groups is 2. The Morgan fingerprint density at radius 3 is 1.08 bits per heavy atom. The molecule has 2 N–H and O–H groups in total. The van der Waals surface area contributed by atoms with Gasteiger partial charge in [-0.25, -0.2) is 0 Å². The Morgan fingerprint density at radius 2 is 0.755 bits per heavy atom. The molecule has 0 aliphatic heterocycles. The summed E-state index contributed by atoms with van der Waals surface area (Å²) in [5.41, 5.74) is 0. The van der Waals surface area contributed by atoms with E-state index in [1.165, 1.54) is 167 Å². The topological polar surface area (TPSA) is 77.8 Å². The van der Waals surface area contributed by atoms with Gasteiger partial charge in [0.1, 0.15) is 5.78 Å². The monoisotopic (exact) mass is 758 g/mol. The van der Waals surface area contributed by atoms with Crippen LogP contribution in [0.5, 0.6) is 0 Å². The molecule has 0 aromatic heterocycles. The molecule has 0 aliphatic rings. The summed E-state index contributed by atoms with van der Waals surface area (Å²) in [6, 6.07) is 0. The number of nitrogens with zero attached hydrogens (tertiary/aromatic N) is 1. The molecule has 0 amide bonds. The van der Waals surface area contributed by atoms with Crippen LogP contribution in [-0.4, -0.2) is 53.6 Å². The van der Waals surface area contributed by atoms with E-state index in [4.69, 9.17) is 9.90 Å². The number of carboxylic acid groups (broad SMARTS) is 1. The van der Waals surface area contributed by atoms with Gasteiger partial charge in [0.15, 0.2) is 0 Å². The molecule has 0 rings (SSSR count). The first-order valence-electron chi connectivity index (χ1n) is 23.8. The number of rotatable bonds is 35. The maximum absolute atomic E-state index is 12.2. The predicted octanol–water partition coefficient (Wildman–Crippen LogP) is 15.8. The van der Waals surface area contributed by atoms with Gasteiger partial charge in [0, 0.05) is 19.4 Å². The van der Waals surface area contributed by atoms with E-state index in [9.17, 15) is 9.90 Å². The fourth-order valence-corrected chi connectivity index (χ4v) is 6.31. The van der Waals surface area contributed by atoms with Crippen molar-refractivity contribution < 1.29 is 19.8 Å². The molecule has 0 saturated carbocycles. The van der Waals surface area contributed by atoms with Gasteiger partial charge in [0.05, 0.1) is 6.61 Å². The van der Waals surface area contributed by atoms with Gasteiger partial charge < -0.3 is 15.1 Å². The first-order valence-corrected chi connectivity index (χ1v) is 23.8. The highest BCUT2D eigenvalue weighted by Gasteiger charge is 2.08. The van der Waals surface area contributed by atoms with Crippen LogP contribution in [0.15, 0.2) is 0 Å². The fraction of sp³-hybridized carbons (Fsp3) is 0.958. The summed E-state index contributed by atoms with van der Waals surface area (Å²) in [4.78, 5) is 23.0. The summed E-state index contributed by atoms with van der Waals surface area (Å²) in [5, 5.41) is 16.4. The fourth-order valence-electron chi connectivity index (χ4n) is 6.31. The summed E-state index contributed by atoms with van der Waals surface area (Å²) in [6.07, 6.45) is 41.5. The molecule has 5 nitrogen and oxygen atoms in total. The zero-order valence-corrected chi connectivity index (χ0v) is 38.3. The van der Waals surface area contributed by atoms with Crippen LogP contribution >= 0.6 is 0 Å². The van der Waals surface area contributed by atoms with Crippen molar-refractivity contribution in [1.82, 2.24) is 4.90 Å². The summed E-state index contributed by atoms with van der Waals surface area (Å²) in [5.74, 6) is 1.43. The number of unbranched alkanes of at least 4 members (excludes halogenated alkanes) is 20. The van der Waals surface area contributed by atoms with Gasteiger partial charge in [-0.15, -0.1) is 0 Å². The van der Waals surface area contributed by atoms with E-state index in [2.05, 4.69) is 67.2 Å². The van der Waals surface area contributed by atoms with Crippen molar-refractivity contribution in [3.63, 3.8) is 0 Å². The second kappa shape index (κ2) is 63.0. The van der Waals surface area contributed by atoms with Crippen LogP contribution < -0.4 is 0 Å². The Hall–Kier alpha value is -0.940. The smallest absolute Gasteiger partial charge is 0.290 e. The number of hydrogen-bond acceptors (Lipinski definition) is 4. The molecule has 0 radical (unpaired) electrons. The number of aliphatic hydroxyl groups excluding tert-OH is 1. The number of ketones is 1. The lowest BCUT2D eigenvalue weighted by Gasteiger charge is -2.21. The van der Waals surface area contributed by atoms with Crippen molar-refractivity contribution in [2.24, 2.45) is 5.92 Å². The number of carbonyl (C=O) groups excluding carboxylic acids is 1. The van der Waals surface area contributed by atoms with Crippen molar-refractivity contribution in [3.8, 4) is 0 Å². The van der Waals surface area contributed by atoms with E-state index in [0.717, 1.165) is 64.1 Å². The second-order valence-corrected chi connectivity index (χ2v) is 15.5. The van der Waals surface area contributed by atoms with Crippen molar-refractivity contribution >= 4 is 12.3 Å². The molecule has 0 aromatic rings. The quantitative estimate of drug-likeness (QED) is 0.0497. The summed E-state index contributed by atoms with van der Waals surface area (Å²) < 4.78 is 0. The van der Waals surface area contributed by atoms with Gasteiger partial charge in [0.25, 0.3) is 6.47 Å². The van der Waals surface area contributed by atoms with E-state index < -0.39 is 0 Å². The molecule has 53 heavy (non-hydrogen) atoms. The van der Waals surface area contributed by atoms with Crippen LogP contribution in [0.4, 0.5) is 0 Å². The molecule has 5 heteroatoms. The number of hydrogen-bond donors (Lipinski definition) is 2. The van der Waals surface area contributed by atoms with Crippen molar-refractivity contribution in [3.05, 3.63) is 0 Å². The second-order valence-electron chi connectivity index (χ2n) is 15.5. The van der Waals surface area contributed by atoms with Crippen LogP contribution in [0.3, 0.4) is 0 Å². The van der Waals surface area contributed by atoms with Gasteiger partial charge in [-0.1, -0.05) is 229 Å². The minimum Gasteiger partial charge on any atom is -0.483 e. The molecule has 0 saturated heterocycles. The average molecular weight is 758 g/mol. The highest BCUT2D eigenvalue weighted by Crippen LogP contribution is 2.21. The van der Waals surface area contributed by atoms with E-state index in [-0.39, 0.29) is 13.1 Å². The van der Waals surface area contributed by atoms with Gasteiger partial charge in [-0.2, -0.15) is 0 Å². The maximum Gasteiger partial charge on any atom is 0.290 e. The van der Waals surface area contributed by atoms with Gasteiger partial charge in [-0.05, 0) is 44.7 Å². The molecular formula is C48H103NO4. The Labute approximate surface area is 336 Å². The van der Waals surface area contributed by atoms with Crippen LogP contribution in [0.1, 0.15) is 268 Å². The Kier molecular flexibility index (Phi) is 72.9. The van der Waals surface area contributed by atoms with Gasteiger partial charge >= 0.3 is 0 Å². The molecule has 0 spiro atoms. The SMILES string of the molecule is CCC.CCC.CCC.CCCCCCCCCCCCC(=O)CCCCCN(CCO)CCCCCCCC(CC)CCCCCCCC.O=CO. The summed E-state index contributed by atoms with van der Waals surface area (Å²) >= 11 is 0. The molecule has 1 atom stereocenters. The average Bonchev–Trinajstić information content (AvgIpc) is 3.13. The normalized spacial score (nSPS) is 10.8. The molecule has 0 bridgehead atoms. The highest BCUT2D eigenvalue weighted by atomic mass is 16.3. The minimum absolute atomic E-state index is 0.250. The van der Waals surface area contributed by atoms with Crippen LogP contribution in [0.2, 0.25) is 0 Å². The van der Waals surface area contributed by atoms with E-state index in [0.29, 0.717) is 5.78 Å². The van der Waals surface area contributed by atoms with Crippen molar-refractivity contribution in [2.75, 3.05) is 26.2 Å². The molecular weight excluding hydrogens is 655 g/mol. The van der Waals surface area contributed by atoms with Crippen molar-refractivity contribution in [1.29, 1.82) is 0 Å². The Balaban J connectivity index is -0.000000559. The van der Waals surface area contributed by atoms with Gasteiger partial charge in [-0.3, -0.25) is 9.59 Å². The van der Waals surface area contributed by atoms with E-state index in [1.807, 2.05) is 0 Å². The summed E-state index contributed by atoms with van der Waals surface area (Å²) in [7, 11) is 0. The standard InChI is InChI=1S/C38H77NO2.3C3H8.CH2O2/c1-4-7-9-11-13-14-15-16-20-25-31-38(41)32-26-22-28-34-39(35-36-40)33-27-21-17-19-24-30-37(6-3)29-23-18-12-10-8-5-2;3*1-3-2;2-1-3/h37,40H,4-36H2,1-3H3;3*3H2,1-2H3;1H,(H,2,3). The van der Waals surface area contributed by atoms with Crippen LogP contribution in [0, 0.1) is 5.92 Å². The molecule has 0 aliphatic carbocycles. The van der Waals surface area contributed by atoms with Crippen LogP contribution in [-0.2, 0) is 9.59 Å². The predicted molar refractivity (Wildman–Crippen MR) is 240 cm³/mol. The lowest BCUT2D eigenvalue weighted by molar-refractivity contribution is -0.123. The molecule has 1 unspecified atom stereocenters. The Morgan fingerprint density at radius 1 is 0.472 bits per heavy atom. The maximum atomic E-state index is 12.2. The molecule has 0 heterocycles. The number of Topliss-reactive ketones (excluding diaryl/α,β-unsaturated/α-hetero) is 1. The third kappa shape index (κ3) is 69.5. The molecule has 0 aromatic carbocycles. The van der Waals surface area contributed by atoms with Crippen LogP contribution in [0.25, 0.3) is 0 Å². The lowest BCUT2D eigenvalue weighted by Crippen LogP contribution is -2.29. The van der Waals surface area contributed by atoms with E-state index >= 15 is 0 Å². The van der Waals surface area contributed by atoms with E-state index in [1.54, 1.807) is 0 Å². The Bertz CT molecular complexity index is 595. The third-order valence-corrected chi connectivity index (χ3v) is 9.29. The first-order chi connectivity index (χ1) is 25.8. The highest BCUT2D eigenvalue weighted by molar-refractivity contribution is 5.78. The molecule has 0 fully saturated rings.